The molecule has 1 spiro atoms. The summed E-state index contributed by atoms with van der Waals surface area (Å²) in [5.41, 5.74) is 21.7. The van der Waals surface area contributed by atoms with Gasteiger partial charge in [-0.25, -0.2) is 0 Å². The number of benzene rings is 8. The van der Waals surface area contributed by atoms with E-state index >= 15 is 0 Å². The zero-order valence-electron chi connectivity index (χ0n) is 30.9. The Morgan fingerprint density at radius 1 is 0.429 bits per heavy atom. The third kappa shape index (κ3) is 4.31. The lowest BCUT2D eigenvalue weighted by Crippen LogP contribution is -2.26. The molecule has 0 N–H and O–H groups in total. The van der Waals surface area contributed by atoms with E-state index in [0.717, 1.165) is 12.8 Å². The van der Waals surface area contributed by atoms with Crippen molar-refractivity contribution >= 4 is 33.0 Å². The Morgan fingerprint density at radius 3 is 1.62 bits per heavy atom. The summed E-state index contributed by atoms with van der Waals surface area (Å²) in [6.07, 6.45) is 6.93. The molecule has 262 valence electrons. The van der Waals surface area contributed by atoms with Crippen LogP contribution in [0.25, 0.3) is 72.0 Å². The van der Waals surface area contributed by atoms with E-state index in [2.05, 4.69) is 205 Å². The Hall–Kier alpha value is -6.96. The second-order valence-electron chi connectivity index (χ2n) is 15.5. The highest BCUT2D eigenvalue weighted by Crippen LogP contribution is 2.64. The molecule has 0 bridgehead atoms. The third-order valence-corrected chi connectivity index (χ3v) is 12.7. The molecule has 0 fully saturated rings. The maximum atomic E-state index is 2.59. The van der Waals surface area contributed by atoms with Gasteiger partial charge in [0.15, 0.2) is 0 Å². The number of hydrogen-bond donors (Lipinski definition) is 0. The molecule has 0 saturated heterocycles. The summed E-state index contributed by atoms with van der Waals surface area (Å²) in [6.45, 7) is 0. The van der Waals surface area contributed by atoms with Crippen LogP contribution in [0.5, 0.6) is 0 Å². The summed E-state index contributed by atoms with van der Waals surface area (Å²) in [5, 5.41) is 2.55. The van der Waals surface area contributed by atoms with Gasteiger partial charge in [0.1, 0.15) is 0 Å². The van der Waals surface area contributed by atoms with Gasteiger partial charge in [0.2, 0.25) is 0 Å². The first-order chi connectivity index (χ1) is 27.8. The van der Waals surface area contributed by atoms with Crippen LogP contribution < -0.4 is 0 Å². The molecule has 9 aromatic rings. The number of fused-ring (bicyclic) bond motifs is 14. The molecular formula is C55H37N. The fourth-order valence-electron chi connectivity index (χ4n) is 10.3. The van der Waals surface area contributed by atoms with Crippen LogP contribution in [0.2, 0.25) is 0 Å². The number of hydrogen-bond acceptors (Lipinski definition) is 0. The Labute approximate surface area is 327 Å². The maximum absolute atomic E-state index is 2.59. The summed E-state index contributed by atoms with van der Waals surface area (Å²) in [4.78, 5) is 0. The molecule has 3 aliphatic carbocycles. The molecule has 8 aromatic carbocycles. The van der Waals surface area contributed by atoms with Crippen molar-refractivity contribution in [3.8, 4) is 39.1 Å². The van der Waals surface area contributed by atoms with Crippen LogP contribution in [0.4, 0.5) is 0 Å². The minimum absolute atomic E-state index is 0.462. The zero-order valence-corrected chi connectivity index (χ0v) is 30.9. The molecule has 0 amide bonds. The van der Waals surface area contributed by atoms with E-state index in [0.29, 0.717) is 0 Å². The molecule has 0 radical (unpaired) electrons. The quantitative estimate of drug-likeness (QED) is 0.171. The average Bonchev–Trinajstić information content (AvgIpc) is 3.89. The maximum Gasteiger partial charge on any atom is 0.0746 e. The number of rotatable bonds is 4. The van der Waals surface area contributed by atoms with Gasteiger partial charge in [-0.2, -0.15) is 0 Å². The van der Waals surface area contributed by atoms with E-state index in [1.165, 1.54) is 105 Å². The largest absolute Gasteiger partial charge is 0.309 e. The van der Waals surface area contributed by atoms with Gasteiger partial charge in [-0.15, -0.1) is 0 Å². The average molecular weight is 712 g/mol. The van der Waals surface area contributed by atoms with Crippen molar-refractivity contribution in [2.75, 3.05) is 0 Å². The number of aromatic nitrogens is 1. The van der Waals surface area contributed by atoms with Gasteiger partial charge in [0.25, 0.3) is 0 Å². The molecule has 0 aliphatic heterocycles. The number of allylic oxidation sites excluding steroid dienone is 4. The van der Waals surface area contributed by atoms with E-state index < -0.39 is 5.41 Å². The molecule has 12 rings (SSSR count). The summed E-state index contributed by atoms with van der Waals surface area (Å²) in [6, 6.07) is 70.2. The first-order valence-electron chi connectivity index (χ1n) is 19.8. The van der Waals surface area contributed by atoms with Gasteiger partial charge in [-0.05, 0) is 103 Å². The summed E-state index contributed by atoms with van der Waals surface area (Å²) >= 11 is 0. The normalized spacial score (nSPS) is 14.6. The standard InChI is InChI=1S/C55H37N/c1-3-14-36(15-4-1)38-26-29-42(30-27-38)56-52-35-41(40-19-13-18-39(34-40)37-16-5-2-6-17-37)28-31-46(52)48-33-32-47-45-22-9-12-25-51(45)55(53(47)54(48)56)49-23-10-7-20-43(49)44-21-8-11-24-50(44)55/h1-12,14-17,19-35H,13,18H2. The Morgan fingerprint density at radius 2 is 0.964 bits per heavy atom. The first-order valence-corrected chi connectivity index (χ1v) is 19.8. The lowest BCUT2D eigenvalue weighted by molar-refractivity contribution is 0.797. The zero-order chi connectivity index (χ0) is 36.8. The minimum atomic E-state index is -0.462. The minimum Gasteiger partial charge on any atom is -0.309 e. The number of nitrogens with zero attached hydrogens (tertiary/aromatic N) is 1. The van der Waals surface area contributed by atoms with Crippen LogP contribution in [0.15, 0.2) is 200 Å². The van der Waals surface area contributed by atoms with Gasteiger partial charge < -0.3 is 4.57 Å². The van der Waals surface area contributed by atoms with Crippen molar-refractivity contribution in [1.82, 2.24) is 4.57 Å². The van der Waals surface area contributed by atoms with Gasteiger partial charge >= 0.3 is 0 Å². The molecule has 0 saturated carbocycles. The Kier molecular flexibility index (Phi) is 6.74. The van der Waals surface area contributed by atoms with Gasteiger partial charge in [-0.3, -0.25) is 0 Å². The second-order valence-corrected chi connectivity index (χ2v) is 15.5. The predicted molar refractivity (Wildman–Crippen MR) is 234 cm³/mol. The summed E-state index contributed by atoms with van der Waals surface area (Å²) in [5.74, 6) is 0. The van der Waals surface area contributed by atoms with Crippen LogP contribution in [-0.2, 0) is 5.41 Å². The Bertz CT molecular complexity index is 3040. The topological polar surface area (TPSA) is 4.93 Å². The van der Waals surface area contributed by atoms with Crippen molar-refractivity contribution in [2.45, 2.75) is 18.3 Å². The highest BCUT2D eigenvalue weighted by atomic mass is 15.0. The second kappa shape index (κ2) is 12.0. The lowest BCUT2D eigenvalue weighted by atomic mass is 9.70. The monoisotopic (exact) mass is 711 g/mol. The molecule has 0 atom stereocenters. The fourth-order valence-corrected chi connectivity index (χ4v) is 10.3. The van der Waals surface area contributed by atoms with Gasteiger partial charge in [0, 0.05) is 22.0 Å². The summed E-state index contributed by atoms with van der Waals surface area (Å²) in [7, 11) is 0. The van der Waals surface area contributed by atoms with Crippen molar-refractivity contribution in [1.29, 1.82) is 0 Å². The Balaban J connectivity index is 1.18. The van der Waals surface area contributed by atoms with Crippen molar-refractivity contribution < 1.29 is 0 Å². The van der Waals surface area contributed by atoms with E-state index in [1.54, 1.807) is 0 Å². The smallest absolute Gasteiger partial charge is 0.0746 e. The van der Waals surface area contributed by atoms with Gasteiger partial charge in [-0.1, -0.05) is 182 Å². The fraction of sp³-hybridized carbons (Fsp3) is 0.0545. The molecular weight excluding hydrogens is 675 g/mol. The van der Waals surface area contributed by atoms with Crippen molar-refractivity contribution in [3.05, 3.63) is 234 Å². The van der Waals surface area contributed by atoms with Crippen molar-refractivity contribution in [2.24, 2.45) is 0 Å². The van der Waals surface area contributed by atoms with E-state index in [-0.39, 0.29) is 0 Å². The molecule has 0 unspecified atom stereocenters. The van der Waals surface area contributed by atoms with Crippen LogP contribution in [0, 0.1) is 0 Å². The molecule has 1 nitrogen and oxygen atoms in total. The summed E-state index contributed by atoms with van der Waals surface area (Å²) < 4.78 is 2.59. The predicted octanol–water partition coefficient (Wildman–Crippen LogP) is 14.1. The molecule has 1 heterocycles. The molecule has 1 heteroatoms. The van der Waals surface area contributed by atoms with Crippen LogP contribution >= 0.6 is 0 Å². The molecule has 56 heavy (non-hydrogen) atoms. The van der Waals surface area contributed by atoms with Crippen LogP contribution in [0.1, 0.15) is 46.2 Å². The lowest BCUT2D eigenvalue weighted by Gasteiger charge is -2.31. The highest BCUT2D eigenvalue weighted by molar-refractivity contribution is 6.15. The highest BCUT2D eigenvalue weighted by Gasteiger charge is 2.53. The molecule has 3 aliphatic rings. The SMILES string of the molecule is C1=C(c2ccc3c4ccc5c(c4n(-c4ccc(-c6ccccc6)cc4)c3c2)C2(c3ccccc3-c3ccccc32)c2ccccc2-5)C=C(c2ccccc2)CC1. The van der Waals surface area contributed by atoms with Crippen LogP contribution in [-0.4, -0.2) is 4.57 Å². The molecule has 1 aromatic heterocycles. The van der Waals surface area contributed by atoms with E-state index in [1.807, 2.05) is 0 Å². The third-order valence-electron chi connectivity index (χ3n) is 12.7. The first kappa shape index (κ1) is 31.4. The van der Waals surface area contributed by atoms with Crippen molar-refractivity contribution in [3.63, 3.8) is 0 Å². The van der Waals surface area contributed by atoms with E-state index in [9.17, 15) is 0 Å². The van der Waals surface area contributed by atoms with E-state index in [4.69, 9.17) is 0 Å². The van der Waals surface area contributed by atoms with Gasteiger partial charge in [0.05, 0.1) is 16.4 Å². The van der Waals surface area contributed by atoms with Crippen LogP contribution in [0.3, 0.4) is 0 Å².